The van der Waals surface area contributed by atoms with Crippen molar-refractivity contribution in [2.45, 2.75) is 13.2 Å². The van der Waals surface area contributed by atoms with Crippen LogP contribution >= 0.6 is 0 Å². The van der Waals surface area contributed by atoms with Crippen molar-refractivity contribution in [3.05, 3.63) is 64.5 Å². The van der Waals surface area contributed by atoms with Gasteiger partial charge in [0.25, 0.3) is 5.91 Å². The van der Waals surface area contributed by atoms with Crippen LogP contribution in [-0.2, 0) is 27.4 Å². The fraction of sp³-hybridized carbons (Fsp3) is 0.286. The second-order valence-corrected chi connectivity index (χ2v) is 7.02. The Kier molecular flexibility index (Phi) is 3.95. The number of hydrogen-bond donors (Lipinski definition) is 1. The number of nitrogens with one attached hydrogen (secondary N) is 1. The molecule has 0 radical (unpaired) electrons. The molecule has 3 aliphatic heterocycles. The number of fused-ring (bicyclic) bond motifs is 2. The molecule has 0 atom stereocenters. The number of anilines is 1. The second-order valence-electron chi connectivity index (χ2n) is 7.02. The van der Waals surface area contributed by atoms with Crippen LogP contribution in [0.25, 0.3) is 11.3 Å². The molecular weight excluding hydrogens is 347 g/mol. The van der Waals surface area contributed by atoms with Gasteiger partial charge in [0, 0.05) is 42.0 Å². The van der Waals surface area contributed by atoms with Gasteiger partial charge in [-0.3, -0.25) is 9.69 Å². The van der Waals surface area contributed by atoms with Gasteiger partial charge in [-0.15, -0.1) is 0 Å². The Hall–Kier alpha value is -2.70. The summed E-state index contributed by atoms with van der Waals surface area (Å²) < 4.78 is 25.0. The molecule has 1 saturated heterocycles. The van der Waals surface area contributed by atoms with Crippen LogP contribution in [0.4, 0.5) is 10.1 Å². The Morgan fingerprint density at radius 1 is 1.07 bits per heavy atom. The normalized spacial score (nSPS) is 21.6. The van der Waals surface area contributed by atoms with Gasteiger partial charge in [-0.05, 0) is 23.8 Å². The molecule has 2 aromatic carbocycles. The first kappa shape index (κ1) is 16.5. The molecule has 3 heterocycles. The Balaban J connectivity index is 1.49. The fourth-order valence-electron chi connectivity index (χ4n) is 3.90. The summed E-state index contributed by atoms with van der Waals surface area (Å²) in [5, 5.41) is 2.79. The monoisotopic (exact) mass is 366 g/mol. The third-order valence-corrected chi connectivity index (χ3v) is 5.25. The average Bonchev–Trinajstić information content (AvgIpc) is 3.21. The number of morpholine rings is 1. The summed E-state index contributed by atoms with van der Waals surface area (Å²) in [6.45, 7) is 4.71. The first-order chi connectivity index (χ1) is 13.2. The van der Waals surface area contributed by atoms with Crippen molar-refractivity contribution >= 4 is 22.9 Å². The number of benzene rings is 2. The number of rotatable bonds is 2. The van der Waals surface area contributed by atoms with E-state index in [1.165, 1.54) is 17.7 Å². The first-order valence-electron chi connectivity index (χ1n) is 9.10. The van der Waals surface area contributed by atoms with Gasteiger partial charge in [-0.1, -0.05) is 18.2 Å². The van der Waals surface area contributed by atoms with Crippen LogP contribution in [0.2, 0.25) is 0 Å². The zero-order valence-corrected chi connectivity index (χ0v) is 14.8. The number of hydrogen-bond acceptors (Lipinski definition) is 4. The van der Waals surface area contributed by atoms with Crippen LogP contribution in [0, 0.1) is 5.82 Å². The molecule has 1 N–H and O–H groups in total. The quantitative estimate of drug-likeness (QED) is 0.831. The Bertz CT molecular complexity index is 964. The highest BCUT2D eigenvalue weighted by Gasteiger charge is 2.32. The molecule has 0 bridgehead atoms. The maximum atomic E-state index is 13.7. The molecule has 5 rings (SSSR count). The number of halogens is 1. The van der Waals surface area contributed by atoms with E-state index in [0.717, 1.165) is 44.0 Å². The van der Waals surface area contributed by atoms with Crippen molar-refractivity contribution < 1.29 is 18.7 Å². The molecule has 138 valence electrons. The lowest BCUT2D eigenvalue weighted by atomic mass is 9.99. The number of nitrogens with zero attached hydrogens (tertiary/aromatic N) is 1. The summed E-state index contributed by atoms with van der Waals surface area (Å²) >= 11 is 0. The maximum absolute atomic E-state index is 13.7. The highest BCUT2D eigenvalue weighted by atomic mass is 19.1. The predicted octanol–water partition coefficient (Wildman–Crippen LogP) is 3.01. The van der Waals surface area contributed by atoms with Crippen LogP contribution < -0.4 is 5.32 Å². The topological polar surface area (TPSA) is 50.8 Å². The Morgan fingerprint density at radius 3 is 2.78 bits per heavy atom. The molecule has 6 heteroatoms. The molecule has 0 unspecified atom stereocenters. The average molecular weight is 366 g/mol. The largest absolute Gasteiger partial charge is 0.487 e. The zero-order chi connectivity index (χ0) is 18.4. The summed E-state index contributed by atoms with van der Waals surface area (Å²) in [5.74, 6) is -0.0944. The lowest BCUT2D eigenvalue weighted by Gasteiger charge is -2.26. The van der Waals surface area contributed by atoms with E-state index in [-0.39, 0.29) is 11.7 Å². The Labute approximate surface area is 156 Å². The minimum absolute atomic E-state index is 0.254. The number of ether oxygens (including phenoxy) is 2. The van der Waals surface area contributed by atoms with Crippen molar-refractivity contribution in [1.29, 1.82) is 0 Å². The van der Waals surface area contributed by atoms with Crippen molar-refractivity contribution in [2.24, 2.45) is 0 Å². The highest BCUT2D eigenvalue weighted by molar-refractivity contribution is 6.36. The standard InChI is InChI=1S/C21H19FN2O3/c22-15-2-4-18-17(10-15)19(21(25)23-18)20-16-3-1-13(9-14(16)12-27-20)11-24-5-7-26-8-6-24/h1-4,9-10H,5-8,11-12H2,(H,23,25). The van der Waals surface area contributed by atoms with E-state index in [4.69, 9.17) is 9.47 Å². The van der Waals surface area contributed by atoms with Crippen molar-refractivity contribution in [3.8, 4) is 0 Å². The smallest absolute Gasteiger partial charge is 0.260 e. The SMILES string of the molecule is O=C1Nc2ccc(F)cc2C1=C1OCc2cc(CN3CCOCC3)ccc21. The molecule has 5 nitrogen and oxygen atoms in total. The summed E-state index contributed by atoms with van der Waals surface area (Å²) in [5.41, 5.74) is 4.76. The van der Waals surface area contributed by atoms with Gasteiger partial charge < -0.3 is 14.8 Å². The molecule has 1 amide bonds. The van der Waals surface area contributed by atoms with E-state index in [1.807, 2.05) is 6.07 Å². The third-order valence-electron chi connectivity index (χ3n) is 5.25. The summed E-state index contributed by atoms with van der Waals surface area (Å²) in [7, 11) is 0. The Morgan fingerprint density at radius 2 is 1.93 bits per heavy atom. The highest BCUT2D eigenvalue weighted by Crippen LogP contribution is 2.42. The molecule has 0 aliphatic carbocycles. The van der Waals surface area contributed by atoms with Crippen molar-refractivity contribution in [3.63, 3.8) is 0 Å². The van der Waals surface area contributed by atoms with E-state index in [1.54, 1.807) is 6.07 Å². The minimum Gasteiger partial charge on any atom is -0.487 e. The zero-order valence-electron chi connectivity index (χ0n) is 14.8. The van der Waals surface area contributed by atoms with Gasteiger partial charge in [0.15, 0.2) is 0 Å². The number of carbonyl (C=O) groups excluding carboxylic acids is 1. The van der Waals surface area contributed by atoms with Crippen LogP contribution in [0.15, 0.2) is 36.4 Å². The van der Waals surface area contributed by atoms with Gasteiger partial charge in [-0.2, -0.15) is 0 Å². The molecule has 0 aromatic heterocycles. The molecule has 3 aliphatic rings. The molecular formula is C21H19FN2O3. The number of amides is 1. The summed E-state index contributed by atoms with van der Waals surface area (Å²) in [6.07, 6.45) is 0. The van der Waals surface area contributed by atoms with E-state index in [0.29, 0.717) is 29.2 Å². The van der Waals surface area contributed by atoms with E-state index < -0.39 is 0 Å². The van der Waals surface area contributed by atoms with Gasteiger partial charge in [0.1, 0.15) is 18.2 Å². The minimum atomic E-state index is -0.373. The first-order valence-corrected chi connectivity index (χ1v) is 9.10. The van der Waals surface area contributed by atoms with Gasteiger partial charge in [0.05, 0.1) is 18.8 Å². The molecule has 1 fully saturated rings. The summed E-state index contributed by atoms with van der Waals surface area (Å²) in [4.78, 5) is 14.8. The van der Waals surface area contributed by atoms with Gasteiger partial charge in [0.2, 0.25) is 0 Å². The maximum Gasteiger partial charge on any atom is 0.260 e. The van der Waals surface area contributed by atoms with E-state index in [9.17, 15) is 9.18 Å². The van der Waals surface area contributed by atoms with Crippen molar-refractivity contribution in [1.82, 2.24) is 4.90 Å². The van der Waals surface area contributed by atoms with Gasteiger partial charge in [-0.25, -0.2) is 4.39 Å². The van der Waals surface area contributed by atoms with Gasteiger partial charge >= 0.3 is 0 Å². The number of carbonyl (C=O) groups is 1. The summed E-state index contributed by atoms with van der Waals surface area (Å²) in [6, 6.07) is 10.5. The lowest BCUT2D eigenvalue weighted by Crippen LogP contribution is -2.35. The van der Waals surface area contributed by atoms with Crippen LogP contribution in [-0.4, -0.2) is 37.1 Å². The molecule has 2 aromatic rings. The van der Waals surface area contributed by atoms with Crippen LogP contribution in [0.1, 0.15) is 22.3 Å². The van der Waals surface area contributed by atoms with Crippen LogP contribution in [0.3, 0.4) is 0 Å². The lowest BCUT2D eigenvalue weighted by molar-refractivity contribution is -0.110. The van der Waals surface area contributed by atoms with Crippen LogP contribution in [0.5, 0.6) is 0 Å². The molecule has 0 saturated carbocycles. The third kappa shape index (κ3) is 2.91. The fourth-order valence-corrected chi connectivity index (χ4v) is 3.90. The van der Waals surface area contributed by atoms with E-state index >= 15 is 0 Å². The van der Waals surface area contributed by atoms with E-state index in [2.05, 4.69) is 22.3 Å². The van der Waals surface area contributed by atoms with Crippen molar-refractivity contribution in [2.75, 3.05) is 31.6 Å². The second kappa shape index (κ2) is 6.48. The molecule has 0 spiro atoms. The predicted molar refractivity (Wildman–Crippen MR) is 99.2 cm³/mol. The molecule has 27 heavy (non-hydrogen) atoms.